The van der Waals surface area contributed by atoms with Crippen LogP contribution in [0.4, 0.5) is 0 Å². The molecule has 122 valence electrons. The van der Waals surface area contributed by atoms with Crippen molar-refractivity contribution in [3.63, 3.8) is 0 Å². The summed E-state index contributed by atoms with van der Waals surface area (Å²) in [6.07, 6.45) is 5.53. The van der Waals surface area contributed by atoms with Crippen molar-refractivity contribution in [2.24, 2.45) is 0 Å². The maximum atomic E-state index is 11.4. The van der Waals surface area contributed by atoms with Crippen molar-refractivity contribution in [2.45, 2.75) is 38.6 Å². The first-order chi connectivity index (χ1) is 11.2. The number of aliphatic carboxylic acids is 1. The molecule has 1 aromatic heterocycles. The minimum atomic E-state index is -0.796. The van der Waals surface area contributed by atoms with E-state index in [1.807, 2.05) is 42.5 Å². The predicted octanol–water partition coefficient (Wildman–Crippen LogP) is 3.52. The molecule has 0 radical (unpaired) electrons. The van der Waals surface area contributed by atoms with E-state index in [0.717, 1.165) is 42.6 Å². The highest BCUT2D eigenvalue weighted by atomic mass is 16.4. The van der Waals surface area contributed by atoms with E-state index in [2.05, 4.69) is 17.2 Å². The molecule has 4 nitrogen and oxygen atoms in total. The third-order valence-electron chi connectivity index (χ3n) is 3.82. The van der Waals surface area contributed by atoms with E-state index in [1.165, 1.54) is 0 Å². The number of benzene rings is 1. The van der Waals surface area contributed by atoms with E-state index < -0.39 is 12.0 Å². The summed E-state index contributed by atoms with van der Waals surface area (Å²) in [5.41, 5.74) is 2.98. The number of aromatic nitrogens is 1. The summed E-state index contributed by atoms with van der Waals surface area (Å²) in [6.45, 7) is 2.88. The number of pyridine rings is 1. The van der Waals surface area contributed by atoms with Crippen LogP contribution < -0.4 is 5.32 Å². The maximum Gasteiger partial charge on any atom is 0.321 e. The van der Waals surface area contributed by atoms with Crippen LogP contribution in [0.5, 0.6) is 0 Å². The number of hydrogen-bond donors (Lipinski definition) is 2. The molecule has 4 heteroatoms. The van der Waals surface area contributed by atoms with Crippen LogP contribution in [0.3, 0.4) is 0 Å². The van der Waals surface area contributed by atoms with Gasteiger partial charge in [-0.15, -0.1) is 0 Å². The zero-order valence-electron chi connectivity index (χ0n) is 13.5. The van der Waals surface area contributed by atoms with Crippen LogP contribution in [0, 0.1) is 0 Å². The lowest BCUT2D eigenvalue weighted by molar-refractivity contribution is -0.139. The van der Waals surface area contributed by atoms with Gasteiger partial charge in [0.05, 0.1) is 5.69 Å². The van der Waals surface area contributed by atoms with Crippen molar-refractivity contribution in [1.29, 1.82) is 0 Å². The standard InChI is InChI=1S/C19H24N2O2/c1-2-3-5-12-21-18(19(22)23)14-15-8-10-16(11-9-15)17-7-4-6-13-20-17/h4,6-11,13,18,21H,2-3,5,12,14H2,1H3,(H,22,23)/t18-/m0/s1. The Kier molecular flexibility index (Phi) is 6.76. The van der Waals surface area contributed by atoms with Crippen molar-refractivity contribution in [2.75, 3.05) is 6.54 Å². The van der Waals surface area contributed by atoms with E-state index in [1.54, 1.807) is 6.20 Å². The molecule has 0 saturated heterocycles. The van der Waals surface area contributed by atoms with E-state index in [0.29, 0.717) is 6.42 Å². The molecule has 0 amide bonds. The van der Waals surface area contributed by atoms with Crippen molar-refractivity contribution in [1.82, 2.24) is 10.3 Å². The van der Waals surface area contributed by atoms with Gasteiger partial charge in [0.1, 0.15) is 6.04 Å². The summed E-state index contributed by atoms with van der Waals surface area (Å²) in [6, 6.07) is 13.2. The average molecular weight is 312 g/mol. The second kappa shape index (κ2) is 9.06. The van der Waals surface area contributed by atoms with Crippen LogP contribution in [0.2, 0.25) is 0 Å². The summed E-state index contributed by atoms with van der Waals surface area (Å²) in [7, 11) is 0. The largest absolute Gasteiger partial charge is 0.480 e. The maximum absolute atomic E-state index is 11.4. The Morgan fingerprint density at radius 1 is 1.17 bits per heavy atom. The molecule has 2 N–H and O–H groups in total. The highest BCUT2D eigenvalue weighted by Gasteiger charge is 2.16. The second-order valence-corrected chi connectivity index (χ2v) is 5.67. The zero-order chi connectivity index (χ0) is 16.5. The summed E-state index contributed by atoms with van der Waals surface area (Å²) in [5, 5.41) is 12.5. The monoisotopic (exact) mass is 312 g/mol. The normalized spacial score (nSPS) is 12.0. The van der Waals surface area contributed by atoms with Crippen LogP contribution >= 0.6 is 0 Å². The van der Waals surface area contributed by atoms with Gasteiger partial charge in [0.25, 0.3) is 0 Å². The molecule has 1 atom stereocenters. The van der Waals surface area contributed by atoms with Crippen molar-refractivity contribution in [3.05, 3.63) is 54.2 Å². The van der Waals surface area contributed by atoms with Gasteiger partial charge in [0.2, 0.25) is 0 Å². The van der Waals surface area contributed by atoms with Gasteiger partial charge in [0, 0.05) is 11.8 Å². The van der Waals surface area contributed by atoms with Crippen molar-refractivity contribution >= 4 is 5.97 Å². The number of nitrogens with zero attached hydrogens (tertiary/aromatic N) is 1. The molecule has 1 heterocycles. The molecule has 0 fully saturated rings. The average Bonchev–Trinajstić information content (AvgIpc) is 2.59. The lowest BCUT2D eigenvalue weighted by Crippen LogP contribution is -2.39. The molecule has 0 aliphatic heterocycles. The predicted molar refractivity (Wildman–Crippen MR) is 92.3 cm³/mol. The molecule has 23 heavy (non-hydrogen) atoms. The number of carboxylic acid groups (broad SMARTS) is 1. The number of hydrogen-bond acceptors (Lipinski definition) is 3. The first kappa shape index (κ1) is 17.2. The molecule has 0 spiro atoms. The minimum Gasteiger partial charge on any atom is -0.480 e. The van der Waals surface area contributed by atoms with Crippen LogP contribution in [0.15, 0.2) is 48.7 Å². The Labute approximate surface area is 137 Å². The van der Waals surface area contributed by atoms with Gasteiger partial charge in [-0.2, -0.15) is 0 Å². The fourth-order valence-corrected chi connectivity index (χ4v) is 2.48. The molecule has 0 saturated carbocycles. The van der Waals surface area contributed by atoms with Gasteiger partial charge < -0.3 is 10.4 Å². The summed E-state index contributed by atoms with van der Waals surface area (Å²) < 4.78 is 0. The third kappa shape index (κ3) is 5.49. The highest BCUT2D eigenvalue weighted by Crippen LogP contribution is 2.17. The number of carboxylic acids is 1. The molecular weight excluding hydrogens is 288 g/mol. The SMILES string of the molecule is CCCCCN[C@@H](Cc1ccc(-c2ccccn2)cc1)C(=O)O. The Balaban J connectivity index is 1.96. The zero-order valence-corrected chi connectivity index (χ0v) is 13.5. The molecule has 0 aliphatic rings. The van der Waals surface area contributed by atoms with Gasteiger partial charge in [-0.1, -0.05) is 50.1 Å². The van der Waals surface area contributed by atoms with Gasteiger partial charge in [-0.25, -0.2) is 0 Å². The van der Waals surface area contributed by atoms with Gasteiger partial charge in [-0.05, 0) is 37.1 Å². The molecule has 0 bridgehead atoms. The first-order valence-corrected chi connectivity index (χ1v) is 8.17. The van der Waals surface area contributed by atoms with Gasteiger partial charge in [0.15, 0.2) is 0 Å². The summed E-state index contributed by atoms with van der Waals surface area (Å²) in [4.78, 5) is 15.7. The number of rotatable bonds is 9. The van der Waals surface area contributed by atoms with Crippen LogP contribution in [-0.2, 0) is 11.2 Å². The summed E-state index contributed by atoms with van der Waals surface area (Å²) >= 11 is 0. The van der Waals surface area contributed by atoms with Crippen LogP contribution in [0.1, 0.15) is 31.7 Å². The lowest BCUT2D eigenvalue weighted by atomic mass is 10.0. The van der Waals surface area contributed by atoms with Crippen molar-refractivity contribution in [3.8, 4) is 11.3 Å². The fourth-order valence-electron chi connectivity index (χ4n) is 2.48. The summed E-state index contributed by atoms with van der Waals surface area (Å²) in [5.74, 6) is -0.796. The van der Waals surface area contributed by atoms with Gasteiger partial charge >= 0.3 is 5.97 Å². The molecule has 2 aromatic rings. The van der Waals surface area contributed by atoms with Gasteiger partial charge in [-0.3, -0.25) is 9.78 Å². The Bertz CT molecular complexity index is 597. The quantitative estimate of drug-likeness (QED) is 0.695. The number of nitrogens with one attached hydrogen (secondary N) is 1. The Hall–Kier alpha value is -2.20. The van der Waals surface area contributed by atoms with Crippen molar-refractivity contribution < 1.29 is 9.90 Å². The topological polar surface area (TPSA) is 62.2 Å². The highest BCUT2D eigenvalue weighted by molar-refractivity contribution is 5.74. The molecule has 0 unspecified atom stereocenters. The lowest BCUT2D eigenvalue weighted by Gasteiger charge is -2.14. The smallest absolute Gasteiger partial charge is 0.321 e. The first-order valence-electron chi connectivity index (χ1n) is 8.17. The van der Waals surface area contributed by atoms with Crippen LogP contribution in [-0.4, -0.2) is 28.6 Å². The van der Waals surface area contributed by atoms with Crippen LogP contribution in [0.25, 0.3) is 11.3 Å². The minimum absolute atomic E-state index is 0.490. The van der Waals surface area contributed by atoms with E-state index >= 15 is 0 Å². The molecule has 0 aliphatic carbocycles. The Morgan fingerprint density at radius 2 is 1.96 bits per heavy atom. The Morgan fingerprint density at radius 3 is 2.57 bits per heavy atom. The third-order valence-corrected chi connectivity index (χ3v) is 3.82. The van der Waals surface area contributed by atoms with E-state index in [-0.39, 0.29) is 0 Å². The molecule has 2 rings (SSSR count). The van der Waals surface area contributed by atoms with E-state index in [4.69, 9.17) is 0 Å². The number of unbranched alkanes of at least 4 members (excludes halogenated alkanes) is 2. The molecular formula is C19H24N2O2. The fraction of sp³-hybridized carbons (Fsp3) is 0.368. The second-order valence-electron chi connectivity index (χ2n) is 5.67. The number of carbonyl (C=O) groups is 1. The van der Waals surface area contributed by atoms with E-state index in [9.17, 15) is 9.90 Å². The molecule has 1 aromatic carbocycles.